The Labute approximate surface area is 160 Å². The molecule has 134 valence electrons. The van der Waals surface area contributed by atoms with Gasteiger partial charge in [0.05, 0.1) is 11.4 Å². The Kier molecular flexibility index (Phi) is 4.69. The number of aromatic nitrogens is 1. The van der Waals surface area contributed by atoms with Crippen molar-refractivity contribution >= 4 is 36.7 Å². The van der Waals surface area contributed by atoms with Crippen LogP contribution in [0.4, 0.5) is 0 Å². The minimum absolute atomic E-state index is 0.201. The molecule has 7 heteroatoms. The van der Waals surface area contributed by atoms with Crippen LogP contribution in [0, 0.1) is 0 Å². The lowest BCUT2D eigenvalue weighted by molar-refractivity contribution is 0.207. The van der Waals surface area contributed by atoms with Gasteiger partial charge in [-0.2, -0.15) is 4.31 Å². The van der Waals surface area contributed by atoms with Crippen LogP contribution >= 0.6 is 15.9 Å². The van der Waals surface area contributed by atoms with Crippen LogP contribution in [0.1, 0.15) is 6.42 Å². The van der Waals surface area contributed by atoms with E-state index < -0.39 is 10.0 Å². The number of hydrogen-bond acceptors (Lipinski definition) is 4. The summed E-state index contributed by atoms with van der Waals surface area (Å²) >= 11 is 3.33. The van der Waals surface area contributed by atoms with Crippen LogP contribution in [-0.2, 0) is 10.0 Å². The third-order valence-electron chi connectivity index (χ3n) is 4.46. The smallest absolute Gasteiger partial charge is 0.243 e. The first-order valence-corrected chi connectivity index (χ1v) is 10.5. The SMILES string of the molecule is O=S(=O)(c1cccc2ccccc12)N1CCC(Oc2ccc(Br)cn2)C1. The van der Waals surface area contributed by atoms with Crippen LogP contribution in [0.3, 0.4) is 0 Å². The number of rotatable bonds is 4. The van der Waals surface area contributed by atoms with Gasteiger partial charge in [0.15, 0.2) is 0 Å². The first-order valence-electron chi connectivity index (χ1n) is 8.30. The molecule has 1 atom stereocenters. The zero-order valence-corrected chi connectivity index (χ0v) is 16.3. The normalized spacial score (nSPS) is 18.3. The third-order valence-corrected chi connectivity index (χ3v) is 6.86. The van der Waals surface area contributed by atoms with E-state index in [2.05, 4.69) is 20.9 Å². The van der Waals surface area contributed by atoms with Gasteiger partial charge < -0.3 is 4.74 Å². The molecule has 5 nitrogen and oxygen atoms in total. The molecule has 1 unspecified atom stereocenters. The topological polar surface area (TPSA) is 59.5 Å². The average Bonchev–Trinajstić information content (AvgIpc) is 3.12. The van der Waals surface area contributed by atoms with Crippen LogP contribution in [-0.4, -0.2) is 36.9 Å². The van der Waals surface area contributed by atoms with Crippen molar-refractivity contribution < 1.29 is 13.2 Å². The highest BCUT2D eigenvalue weighted by Crippen LogP contribution is 2.28. The van der Waals surface area contributed by atoms with Crippen molar-refractivity contribution in [2.24, 2.45) is 0 Å². The van der Waals surface area contributed by atoms with E-state index in [9.17, 15) is 8.42 Å². The predicted molar refractivity (Wildman–Crippen MR) is 104 cm³/mol. The Morgan fingerprint density at radius 3 is 2.69 bits per heavy atom. The molecule has 0 spiro atoms. The highest BCUT2D eigenvalue weighted by molar-refractivity contribution is 9.10. The minimum Gasteiger partial charge on any atom is -0.473 e. The molecule has 0 amide bonds. The van der Waals surface area contributed by atoms with E-state index in [0.29, 0.717) is 30.3 Å². The summed E-state index contributed by atoms with van der Waals surface area (Å²) < 4.78 is 34.5. The first-order chi connectivity index (χ1) is 12.5. The summed E-state index contributed by atoms with van der Waals surface area (Å²) in [6, 6.07) is 16.5. The number of hydrogen-bond donors (Lipinski definition) is 0. The highest BCUT2D eigenvalue weighted by atomic mass is 79.9. The maximum absolute atomic E-state index is 13.1. The van der Waals surface area contributed by atoms with Crippen LogP contribution in [0.25, 0.3) is 10.8 Å². The molecular formula is C19H17BrN2O3S. The van der Waals surface area contributed by atoms with E-state index in [1.165, 1.54) is 4.31 Å². The zero-order valence-electron chi connectivity index (χ0n) is 13.9. The fraction of sp³-hybridized carbons (Fsp3) is 0.211. The van der Waals surface area contributed by atoms with Gasteiger partial charge >= 0.3 is 0 Å². The van der Waals surface area contributed by atoms with Crippen LogP contribution < -0.4 is 4.74 Å². The van der Waals surface area contributed by atoms with Crippen molar-refractivity contribution in [2.45, 2.75) is 17.4 Å². The van der Waals surface area contributed by atoms with Crippen LogP contribution in [0.15, 0.2) is 70.2 Å². The van der Waals surface area contributed by atoms with Crippen molar-refractivity contribution in [3.8, 4) is 5.88 Å². The minimum atomic E-state index is -3.57. The second kappa shape index (κ2) is 6.98. The van der Waals surface area contributed by atoms with Crippen molar-refractivity contribution in [1.29, 1.82) is 0 Å². The van der Waals surface area contributed by atoms with E-state index in [0.717, 1.165) is 15.2 Å². The zero-order chi connectivity index (χ0) is 18.1. The van der Waals surface area contributed by atoms with Gasteiger partial charge in [-0.3, -0.25) is 0 Å². The largest absolute Gasteiger partial charge is 0.473 e. The van der Waals surface area contributed by atoms with E-state index in [1.807, 2.05) is 36.4 Å². The molecule has 2 aromatic carbocycles. The third kappa shape index (κ3) is 3.34. The molecule has 1 aliphatic rings. The lowest BCUT2D eigenvalue weighted by atomic mass is 10.1. The summed E-state index contributed by atoms with van der Waals surface area (Å²) in [5, 5.41) is 1.66. The van der Waals surface area contributed by atoms with Crippen molar-refractivity contribution in [1.82, 2.24) is 9.29 Å². The number of ether oxygens (including phenoxy) is 1. The number of fused-ring (bicyclic) bond motifs is 1. The maximum atomic E-state index is 13.1. The quantitative estimate of drug-likeness (QED) is 0.628. The van der Waals surface area contributed by atoms with Gasteiger partial charge in [-0.05, 0) is 39.9 Å². The molecule has 0 bridgehead atoms. The van der Waals surface area contributed by atoms with Crippen LogP contribution in [0.5, 0.6) is 5.88 Å². The lowest BCUT2D eigenvalue weighted by Crippen LogP contribution is -2.31. The van der Waals surface area contributed by atoms with Gasteiger partial charge in [0.2, 0.25) is 15.9 Å². The summed E-state index contributed by atoms with van der Waals surface area (Å²) in [7, 11) is -3.57. The molecule has 1 aliphatic heterocycles. The van der Waals surface area contributed by atoms with E-state index in [-0.39, 0.29) is 6.10 Å². The maximum Gasteiger partial charge on any atom is 0.243 e. The molecule has 1 fully saturated rings. The van der Waals surface area contributed by atoms with Gasteiger partial charge in [-0.1, -0.05) is 36.4 Å². The predicted octanol–water partition coefficient (Wildman–Crippen LogP) is 3.84. The summed E-state index contributed by atoms with van der Waals surface area (Å²) in [6.07, 6.45) is 2.10. The number of pyridine rings is 1. The molecule has 1 saturated heterocycles. The van der Waals surface area contributed by atoms with E-state index in [4.69, 9.17) is 4.74 Å². The summed E-state index contributed by atoms with van der Waals surface area (Å²) in [4.78, 5) is 4.54. The Morgan fingerprint density at radius 1 is 1.08 bits per heavy atom. The Morgan fingerprint density at radius 2 is 1.88 bits per heavy atom. The Hall–Kier alpha value is -1.96. The van der Waals surface area contributed by atoms with Gasteiger partial charge in [-0.25, -0.2) is 13.4 Å². The first kappa shape index (κ1) is 17.5. The van der Waals surface area contributed by atoms with Crippen molar-refractivity contribution in [2.75, 3.05) is 13.1 Å². The van der Waals surface area contributed by atoms with Crippen molar-refractivity contribution in [3.63, 3.8) is 0 Å². The van der Waals surface area contributed by atoms with E-state index >= 15 is 0 Å². The fourth-order valence-corrected chi connectivity index (χ4v) is 5.11. The molecule has 0 saturated carbocycles. The molecule has 26 heavy (non-hydrogen) atoms. The number of sulfonamides is 1. The molecule has 3 aromatic rings. The van der Waals surface area contributed by atoms with Gasteiger partial charge in [-0.15, -0.1) is 0 Å². The number of halogens is 1. The molecule has 2 heterocycles. The Balaban J connectivity index is 1.56. The van der Waals surface area contributed by atoms with Crippen LogP contribution in [0.2, 0.25) is 0 Å². The number of nitrogens with zero attached hydrogens (tertiary/aromatic N) is 2. The fourth-order valence-electron chi connectivity index (χ4n) is 3.17. The second-order valence-corrected chi connectivity index (χ2v) is 9.01. The van der Waals surface area contributed by atoms with E-state index in [1.54, 1.807) is 24.4 Å². The molecule has 1 aromatic heterocycles. The van der Waals surface area contributed by atoms with Gasteiger partial charge in [0, 0.05) is 28.7 Å². The average molecular weight is 433 g/mol. The number of benzene rings is 2. The lowest BCUT2D eigenvalue weighted by Gasteiger charge is -2.18. The summed E-state index contributed by atoms with van der Waals surface area (Å²) in [6.45, 7) is 0.760. The standard InChI is InChI=1S/C19H17BrN2O3S/c20-15-8-9-19(21-12-15)25-16-10-11-22(13-16)26(23,24)18-7-3-5-14-4-1-2-6-17(14)18/h1-9,12,16H,10-11,13H2. The molecule has 0 N–H and O–H groups in total. The van der Waals surface area contributed by atoms with Gasteiger partial charge in [0.25, 0.3) is 0 Å². The molecular weight excluding hydrogens is 416 g/mol. The van der Waals surface area contributed by atoms with Gasteiger partial charge in [0.1, 0.15) is 6.10 Å². The highest BCUT2D eigenvalue weighted by Gasteiger charge is 2.34. The molecule has 0 radical (unpaired) electrons. The monoisotopic (exact) mass is 432 g/mol. The molecule has 4 rings (SSSR count). The van der Waals surface area contributed by atoms with Crippen molar-refractivity contribution in [3.05, 3.63) is 65.3 Å². The molecule has 0 aliphatic carbocycles. The second-order valence-electron chi connectivity index (χ2n) is 6.18. The summed E-state index contributed by atoms with van der Waals surface area (Å²) in [5.41, 5.74) is 0. The Bertz CT molecular complexity index is 1030. The summed E-state index contributed by atoms with van der Waals surface area (Å²) in [5.74, 6) is 0.502.